The standard InChI is InChI=1S/C38H41F2N4O6PS2/c1-22-10-29-31(42-18-23-11-25(39)13-27(23)37(29)45)16-33(22)49-20-51(47,44-8-5-9-52-53-36-6-3-4-7-41-36)21-50-35-17-32-30(15-34(35)48-2)38(46)28-14-26(40)12-24(28)19-43-32/h3-4,6-7,10,15-19,23-28H,5,8-9,11-14,20-21H2,1-2H3,(H,44,47)/t23-,24-,25-,26-,27?,28?,51?/m0/s1. The summed E-state index contributed by atoms with van der Waals surface area (Å²) in [5.41, 5.74) is 2.26. The van der Waals surface area contributed by atoms with Crippen LogP contribution in [-0.2, 0) is 4.57 Å². The van der Waals surface area contributed by atoms with Crippen molar-refractivity contribution in [3.05, 3.63) is 65.4 Å². The molecule has 3 aromatic rings. The van der Waals surface area contributed by atoms with E-state index in [1.807, 2.05) is 18.2 Å². The number of fused-ring (bicyclic) bond motifs is 4. The molecule has 3 unspecified atom stereocenters. The molecule has 0 amide bonds. The third-order valence-electron chi connectivity index (χ3n) is 10.1. The normalized spacial score (nSPS) is 25.4. The molecule has 280 valence electrons. The fraction of sp³-hybridized carbons (Fsp3) is 0.447. The monoisotopic (exact) mass is 782 g/mol. The third kappa shape index (κ3) is 8.56. The lowest BCUT2D eigenvalue weighted by Gasteiger charge is -2.22. The highest BCUT2D eigenvalue weighted by molar-refractivity contribution is 8.76. The van der Waals surface area contributed by atoms with E-state index >= 15 is 0 Å². The van der Waals surface area contributed by atoms with Gasteiger partial charge in [-0.05, 0) is 79.7 Å². The van der Waals surface area contributed by atoms with E-state index < -0.39 is 31.5 Å². The van der Waals surface area contributed by atoms with Crippen molar-refractivity contribution in [3.8, 4) is 17.2 Å². The third-order valence-corrected chi connectivity index (χ3v) is 14.4. The van der Waals surface area contributed by atoms with Gasteiger partial charge in [-0.1, -0.05) is 16.9 Å². The lowest BCUT2D eigenvalue weighted by molar-refractivity contribution is 0.0900. The number of ether oxygens (including phenoxy) is 3. The molecular weight excluding hydrogens is 742 g/mol. The van der Waals surface area contributed by atoms with Crippen LogP contribution in [0.2, 0.25) is 0 Å². The average molecular weight is 783 g/mol. The van der Waals surface area contributed by atoms with Gasteiger partial charge in [0.1, 0.15) is 23.1 Å². The quantitative estimate of drug-likeness (QED) is 0.0962. The summed E-state index contributed by atoms with van der Waals surface area (Å²) < 4.78 is 60.9. The summed E-state index contributed by atoms with van der Waals surface area (Å²) in [4.78, 5) is 40.2. The highest BCUT2D eigenvalue weighted by Crippen LogP contribution is 2.47. The molecule has 1 N–H and O–H groups in total. The number of ketones is 2. The Morgan fingerprint density at radius 3 is 2.09 bits per heavy atom. The number of aryl methyl sites for hydroxylation is 1. The zero-order valence-corrected chi connectivity index (χ0v) is 31.9. The number of aliphatic imine (C=N–C) groups is 2. The molecule has 4 aliphatic rings. The maximum Gasteiger partial charge on any atom is 0.219 e. The summed E-state index contributed by atoms with van der Waals surface area (Å²) in [5, 5.41) is 4.11. The number of nitrogens with one attached hydrogen (secondary N) is 1. The number of aromatic nitrogens is 1. The van der Waals surface area contributed by atoms with E-state index in [-0.39, 0.29) is 73.3 Å². The largest absolute Gasteiger partial charge is 0.493 e. The minimum atomic E-state index is -3.42. The molecule has 0 bridgehead atoms. The number of halogens is 2. The van der Waals surface area contributed by atoms with Crippen molar-refractivity contribution in [1.29, 1.82) is 0 Å². The van der Waals surface area contributed by atoms with E-state index in [4.69, 9.17) is 14.2 Å². The van der Waals surface area contributed by atoms with Crippen LogP contribution in [0.25, 0.3) is 0 Å². The van der Waals surface area contributed by atoms with Gasteiger partial charge >= 0.3 is 0 Å². The van der Waals surface area contributed by atoms with Gasteiger partial charge < -0.3 is 14.2 Å². The second kappa shape index (κ2) is 16.4. The first kappa shape index (κ1) is 37.7. The number of carbonyl (C=O) groups excluding carboxylic acids is 2. The van der Waals surface area contributed by atoms with Crippen LogP contribution >= 0.6 is 28.9 Å². The molecule has 7 atom stereocenters. The molecule has 2 aromatic carbocycles. The Hall–Kier alpha value is -3.58. The minimum absolute atomic E-state index is 0.118. The fourth-order valence-corrected chi connectivity index (χ4v) is 10.8. The highest BCUT2D eigenvalue weighted by atomic mass is 33.1. The van der Waals surface area contributed by atoms with Crippen molar-refractivity contribution in [2.45, 2.75) is 56.4 Å². The lowest BCUT2D eigenvalue weighted by atomic mass is 9.89. The van der Waals surface area contributed by atoms with Gasteiger partial charge in [-0.2, -0.15) is 0 Å². The number of benzene rings is 2. The minimum Gasteiger partial charge on any atom is -0.493 e. The first-order valence-corrected chi connectivity index (χ1v) is 22.1. The smallest absolute Gasteiger partial charge is 0.219 e. The topological polar surface area (TPSA) is 129 Å². The summed E-state index contributed by atoms with van der Waals surface area (Å²) in [6.45, 7) is 2.22. The molecule has 2 aliphatic heterocycles. The predicted octanol–water partition coefficient (Wildman–Crippen LogP) is 9.00. The number of hydrogen-bond donors (Lipinski definition) is 1. The van der Waals surface area contributed by atoms with Crippen LogP contribution in [0.1, 0.15) is 58.4 Å². The number of nitrogens with zero attached hydrogens (tertiary/aromatic N) is 3. The lowest BCUT2D eigenvalue weighted by Crippen LogP contribution is -2.22. The fourth-order valence-electron chi connectivity index (χ4n) is 7.35. The van der Waals surface area contributed by atoms with Crippen LogP contribution in [0.3, 0.4) is 0 Å². The van der Waals surface area contributed by atoms with E-state index in [2.05, 4.69) is 20.1 Å². The molecule has 3 heterocycles. The van der Waals surface area contributed by atoms with E-state index in [1.54, 1.807) is 71.4 Å². The number of alkyl halides is 2. The zero-order chi connectivity index (χ0) is 37.1. The molecular formula is C38H41F2N4O6PS2. The Morgan fingerprint density at radius 1 is 0.849 bits per heavy atom. The van der Waals surface area contributed by atoms with Crippen molar-refractivity contribution in [2.24, 2.45) is 33.7 Å². The average Bonchev–Trinajstić information content (AvgIpc) is 3.67. The highest BCUT2D eigenvalue weighted by Gasteiger charge is 2.42. The van der Waals surface area contributed by atoms with Crippen LogP contribution in [0, 0.1) is 30.6 Å². The maximum absolute atomic E-state index is 14.6. The molecule has 0 radical (unpaired) electrons. The molecule has 0 spiro atoms. The number of hydrogen-bond acceptors (Lipinski definition) is 11. The van der Waals surface area contributed by atoms with Crippen molar-refractivity contribution in [1.82, 2.24) is 10.1 Å². The first-order valence-electron chi connectivity index (χ1n) is 17.7. The van der Waals surface area contributed by atoms with Gasteiger partial charge in [0.15, 0.2) is 35.8 Å². The predicted molar refractivity (Wildman–Crippen MR) is 205 cm³/mol. The molecule has 0 saturated heterocycles. The SMILES string of the molecule is COc1cc2c(cc1OCP(=O)(COc1cc3c(cc1C)C(=O)C1C[C@@H](F)C[C@H]1C=N3)NCCCSSc1ccccn1)N=C[C@@H]1C[C@H](F)CC1C2=O. The van der Waals surface area contributed by atoms with E-state index in [0.717, 1.165) is 10.8 Å². The van der Waals surface area contributed by atoms with Crippen molar-refractivity contribution >= 4 is 64.3 Å². The summed E-state index contributed by atoms with van der Waals surface area (Å²) in [6, 6.07) is 12.3. The van der Waals surface area contributed by atoms with Gasteiger partial charge in [0.2, 0.25) is 7.29 Å². The van der Waals surface area contributed by atoms with E-state index in [9.17, 15) is 22.9 Å². The molecule has 2 fully saturated rings. The second-order valence-electron chi connectivity index (χ2n) is 13.9. The number of rotatable bonds is 14. The summed E-state index contributed by atoms with van der Waals surface area (Å²) in [7, 11) is 1.25. The molecule has 53 heavy (non-hydrogen) atoms. The van der Waals surface area contributed by atoms with Gasteiger partial charge in [-0.15, -0.1) is 0 Å². The zero-order valence-electron chi connectivity index (χ0n) is 29.4. The van der Waals surface area contributed by atoms with Crippen LogP contribution in [0.5, 0.6) is 17.2 Å². The van der Waals surface area contributed by atoms with Crippen LogP contribution < -0.4 is 19.3 Å². The number of methoxy groups -OCH3 is 1. The van der Waals surface area contributed by atoms with Gasteiger partial charge in [0, 0.05) is 77.9 Å². The Labute approximate surface area is 315 Å². The number of Topliss-reactive ketones (excluding diaryl/α,β-unsaturated/α-hetero) is 2. The maximum atomic E-state index is 14.6. The van der Waals surface area contributed by atoms with Crippen LogP contribution in [0.4, 0.5) is 20.2 Å². The molecule has 7 rings (SSSR count). The molecule has 1 aromatic heterocycles. The Morgan fingerprint density at radius 2 is 1.47 bits per heavy atom. The van der Waals surface area contributed by atoms with E-state index in [1.165, 1.54) is 7.11 Å². The summed E-state index contributed by atoms with van der Waals surface area (Å²) in [6.07, 6.45) is 4.13. The number of pyridine rings is 1. The van der Waals surface area contributed by atoms with Crippen molar-refractivity contribution < 1.29 is 37.1 Å². The molecule has 2 saturated carbocycles. The Bertz CT molecular complexity index is 1970. The molecule has 2 aliphatic carbocycles. The van der Waals surface area contributed by atoms with Gasteiger partial charge in [0.25, 0.3) is 0 Å². The Balaban J connectivity index is 1.07. The van der Waals surface area contributed by atoms with Crippen LogP contribution in [0.15, 0.2) is 63.7 Å². The van der Waals surface area contributed by atoms with Crippen LogP contribution in [-0.4, -0.2) is 73.4 Å². The molecule has 15 heteroatoms. The second-order valence-corrected chi connectivity index (χ2v) is 18.9. The van der Waals surface area contributed by atoms with Crippen molar-refractivity contribution in [3.63, 3.8) is 0 Å². The molecule has 10 nitrogen and oxygen atoms in total. The summed E-state index contributed by atoms with van der Waals surface area (Å²) in [5.74, 6) is -0.00302. The first-order chi connectivity index (χ1) is 25.6. The van der Waals surface area contributed by atoms with Gasteiger partial charge in [0.05, 0.1) is 18.5 Å². The van der Waals surface area contributed by atoms with Gasteiger partial charge in [-0.25, -0.2) is 13.8 Å². The summed E-state index contributed by atoms with van der Waals surface area (Å²) >= 11 is 0. The van der Waals surface area contributed by atoms with Gasteiger partial charge in [-0.3, -0.25) is 29.2 Å². The van der Waals surface area contributed by atoms with E-state index in [0.29, 0.717) is 46.8 Å². The Kier molecular flexibility index (Phi) is 11.7. The van der Waals surface area contributed by atoms with Crippen molar-refractivity contribution in [2.75, 3.05) is 32.1 Å². The number of carbonyl (C=O) groups is 2.